The number of nitrogen functional groups attached to an aromatic ring is 1. The van der Waals surface area contributed by atoms with Gasteiger partial charge in [-0.3, -0.25) is 4.79 Å². The molecule has 2 N–H and O–H groups in total. The van der Waals surface area contributed by atoms with Gasteiger partial charge in [0.1, 0.15) is 0 Å². The monoisotopic (exact) mass is 244 g/mol. The lowest BCUT2D eigenvalue weighted by Crippen LogP contribution is -2.29. The van der Waals surface area contributed by atoms with Crippen molar-refractivity contribution in [2.45, 2.75) is 13.5 Å². The van der Waals surface area contributed by atoms with Crippen molar-refractivity contribution in [1.82, 2.24) is 4.90 Å². The van der Waals surface area contributed by atoms with E-state index >= 15 is 0 Å². The molecule has 2 aromatic rings. The van der Waals surface area contributed by atoms with Crippen molar-refractivity contribution in [3.05, 3.63) is 54.0 Å². The first kappa shape index (κ1) is 12.2. The van der Waals surface area contributed by atoms with Crippen LogP contribution in [0.25, 0.3) is 0 Å². The third kappa shape index (κ3) is 2.71. The molecule has 0 aliphatic carbocycles. The summed E-state index contributed by atoms with van der Waals surface area (Å²) >= 11 is 0. The fourth-order valence-corrected chi connectivity index (χ4v) is 1.73. The van der Waals surface area contributed by atoms with Crippen molar-refractivity contribution >= 4 is 11.6 Å². The SMILES string of the molecule is CCN(Cc1ccc(N)cc1)C(=O)c1ccco1. The summed E-state index contributed by atoms with van der Waals surface area (Å²) in [6.07, 6.45) is 1.50. The van der Waals surface area contributed by atoms with E-state index in [9.17, 15) is 4.79 Å². The van der Waals surface area contributed by atoms with E-state index in [1.807, 2.05) is 31.2 Å². The van der Waals surface area contributed by atoms with Gasteiger partial charge in [-0.2, -0.15) is 0 Å². The van der Waals surface area contributed by atoms with Crippen LogP contribution < -0.4 is 5.73 Å². The van der Waals surface area contributed by atoms with Gasteiger partial charge in [0.05, 0.1) is 6.26 Å². The van der Waals surface area contributed by atoms with Crippen LogP contribution in [0, 0.1) is 0 Å². The molecule has 0 bridgehead atoms. The molecule has 0 unspecified atom stereocenters. The smallest absolute Gasteiger partial charge is 0.289 e. The molecule has 0 radical (unpaired) electrons. The van der Waals surface area contributed by atoms with Gasteiger partial charge in [0.15, 0.2) is 5.76 Å². The first-order chi connectivity index (χ1) is 8.70. The molecular weight excluding hydrogens is 228 g/mol. The largest absolute Gasteiger partial charge is 0.459 e. The van der Waals surface area contributed by atoms with E-state index in [2.05, 4.69) is 0 Å². The topological polar surface area (TPSA) is 59.5 Å². The maximum absolute atomic E-state index is 12.1. The fraction of sp³-hybridized carbons (Fsp3) is 0.214. The van der Waals surface area contributed by atoms with Crippen LogP contribution in [0.4, 0.5) is 5.69 Å². The number of nitrogens with zero attached hydrogens (tertiary/aromatic N) is 1. The summed E-state index contributed by atoms with van der Waals surface area (Å²) in [6.45, 7) is 3.12. The molecule has 0 fully saturated rings. The number of hydrogen-bond donors (Lipinski definition) is 1. The summed E-state index contributed by atoms with van der Waals surface area (Å²) in [5.74, 6) is 0.270. The first-order valence-electron chi connectivity index (χ1n) is 5.88. The quantitative estimate of drug-likeness (QED) is 0.841. The minimum Gasteiger partial charge on any atom is -0.459 e. The molecule has 0 saturated carbocycles. The summed E-state index contributed by atoms with van der Waals surface area (Å²) in [7, 11) is 0. The van der Waals surface area contributed by atoms with Crippen molar-refractivity contribution in [3.8, 4) is 0 Å². The minimum absolute atomic E-state index is 0.0978. The van der Waals surface area contributed by atoms with E-state index in [0.717, 1.165) is 11.3 Å². The van der Waals surface area contributed by atoms with Crippen molar-refractivity contribution in [1.29, 1.82) is 0 Å². The number of carbonyl (C=O) groups excluding carboxylic acids is 1. The van der Waals surface area contributed by atoms with E-state index in [1.165, 1.54) is 6.26 Å². The summed E-state index contributed by atoms with van der Waals surface area (Å²) in [5.41, 5.74) is 7.40. The molecule has 1 amide bonds. The Bertz CT molecular complexity index is 503. The fourth-order valence-electron chi connectivity index (χ4n) is 1.73. The lowest BCUT2D eigenvalue weighted by atomic mass is 10.2. The van der Waals surface area contributed by atoms with Gasteiger partial charge >= 0.3 is 0 Å². The zero-order valence-corrected chi connectivity index (χ0v) is 10.3. The molecule has 4 heteroatoms. The van der Waals surface area contributed by atoms with Gasteiger partial charge in [-0.25, -0.2) is 0 Å². The first-order valence-corrected chi connectivity index (χ1v) is 5.88. The van der Waals surface area contributed by atoms with Crippen LogP contribution in [-0.2, 0) is 6.54 Å². The second-order valence-electron chi connectivity index (χ2n) is 4.04. The molecule has 1 aromatic carbocycles. The Morgan fingerprint density at radius 2 is 2.00 bits per heavy atom. The molecule has 94 valence electrons. The molecule has 2 rings (SSSR count). The standard InChI is InChI=1S/C14H16N2O2/c1-2-16(14(17)13-4-3-9-18-13)10-11-5-7-12(15)8-6-11/h3-9H,2,10,15H2,1H3. The van der Waals surface area contributed by atoms with Crippen LogP contribution in [0.15, 0.2) is 47.1 Å². The van der Waals surface area contributed by atoms with E-state index in [-0.39, 0.29) is 5.91 Å². The molecule has 0 saturated heterocycles. The van der Waals surface area contributed by atoms with Gasteiger partial charge < -0.3 is 15.1 Å². The van der Waals surface area contributed by atoms with Gasteiger partial charge in [-0.15, -0.1) is 0 Å². The molecule has 1 heterocycles. The molecule has 0 spiro atoms. The highest BCUT2D eigenvalue weighted by molar-refractivity contribution is 5.91. The lowest BCUT2D eigenvalue weighted by molar-refractivity contribution is 0.0720. The third-order valence-corrected chi connectivity index (χ3v) is 2.75. The molecule has 0 aliphatic heterocycles. The zero-order valence-electron chi connectivity index (χ0n) is 10.3. The minimum atomic E-state index is -0.0978. The Morgan fingerprint density at radius 1 is 1.28 bits per heavy atom. The van der Waals surface area contributed by atoms with Crippen LogP contribution in [0.2, 0.25) is 0 Å². The average Bonchev–Trinajstić information content (AvgIpc) is 2.91. The third-order valence-electron chi connectivity index (χ3n) is 2.75. The summed E-state index contributed by atoms with van der Waals surface area (Å²) in [5, 5.41) is 0. The van der Waals surface area contributed by atoms with Crippen LogP contribution in [0.1, 0.15) is 23.0 Å². The van der Waals surface area contributed by atoms with Crippen LogP contribution in [-0.4, -0.2) is 17.4 Å². The molecule has 18 heavy (non-hydrogen) atoms. The Balaban J connectivity index is 2.10. The van der Waals surface area contributed by atoms with Gasteiger partial charge in [-0.05, 0) is 36.8 Å². The van der Waals surface area contributed by atoms with Crippen LogP contribution >= 0.6 is 0 Å². The van der Waals surface area contributed by atoms with Crippen molar-refractivity contribution in [2.24, 2.45) is 0 Å². The number of benzene rings is 1. The van der Waals surface area contributed by atoms with Crippen molar-refractivity contribution in [2.75, 3.05) is 12.3 Å². The molecule has 1 aromatic heterocycles. The number of carbonyl (C=O) groups is 1. The van der Waals surface area contributed by atoms with Crippen LogP contribution in [0.3, 0.4) is 0 Å². The lowest BCUT2D eigenvalue weighted by Gasteiger charge is -2.19. The van der Waals surface area contributed by atoms with Gasteiger partial charge in [0, 0.05) is 18.8 Å². The second-order valence-corrected chi connectivity index (χ2v) is 4.04. The number of rotatable bonds is 4. The zero-order chi connectivity index (χ0) is 13.0. The molecule has 0 aliphatic rings. The average molecular weight is 244 g/mol. The van der Waals surface area contributed by atoms with Crippen LogP contribution in [0.5, 0.6) is 0 Å². The predicted octanol–water partition coefficient (Wildman–Crippen LogP) is 2.52. The molecular formula is C14H16N2O2. The summed E-state index contributed by atoms with van der Waals surface area (Å²) in [6, 6.07) is 10.9. The van der Waals surface area contributed by atoms with Crippen molar-refractivity contribution < 1.29 is 9.21 Å². The Kier molecular flexibility index (Phi) is 3.67. The van der Waals surface area contributed by atoms with E-state index < -0.39 is 0 Å². The number of anilines is 1. The second kappa shape index (κ2) is 5.40. The Morgan fingerprint density at radius 3 is 2.56 bits per heavy atom. The number of nitrogens with two attached hydrogens (primary N) is 1. The highest BCUT2D eigenvalue weighted by Crippen LogP contribution is 2.12. The number of hydrogen-bond acceptors (Lipinski definition) is 3. The molecule has 0 atom stereocenters. The summed E-state index contributed by atoms with van der Waals surface area (Å²) < 4.78 is 5.12. The molecule has 4 nitrogen and oxygen atoms in total. The number of furan rings is 1. The highest BCUT2D eigenvalue weighted by atomic mass is 16.3. The number of amides is 1. The van der Waals surface area contributed by atoms with E-state index in [0.29, 0.717) is 18.8 Å². The van der Waals surface area contributed by atoms with E-state index in [4.69, 9.17) is 10.2 Å². The Hall–Kier alpha value is -2.23. The maximum Gasteiger partial charge on any atom is 0.289 e. The highest BCUT2D eigenvalue weighted by Gasteiger charge is 2.16. The normalized spacial score (nSPS) is 10.3. The summed E-state index contributed by atoms with van der Waals surface area (Å²) in [4.78, 5) is 13.8. The maximum atomic E-state index is 12.1. The predicted molar refractivity (Wildman–Crippen MR) is 70.0 cm³/mol. The Labute approximate surface area is 106 Å². The van der Waals surface area contributed by atoms with Gasteiger partial charge in [0.25, 0.3) is 5.91 Å². The van der Waals surface area contributed by atoms with Gasteiger partial charge in [-0.1, -0.05) is 12.1 Å². The van der Waals surface area contributed by atoms with Crippen molar-refractivity contribution in [3.63, 3.8) is 0 Å². The van der Waals surface area contributed by atoms with E-state index in [1.54, 1.807) is 17.0 Å². The van der Waals surface area contributed by atoms with Gasteiger partial charge in [0.2, 0.25) is 0 Å².